The maximum atomic E-state index is 13.7. The van der Waals surface area contributed by atoms with Crippen LogP contribution in [0.15, 0.2) is 107 Å². The number of hydrogen-bond donors (Lipinski definition) is 1. The molecule has 1 heterocycles. The van der Waals surface area contributed by atoms with E-state index >= 15 is 0 Å². The van der Waals surface area contributed by atoms with Crippen LogP contribution in [-0.4, -0.2) is 33.2 Å². The number of furan rings is 1. The highest BCUT2D eigenvalue weighted by atomic mass is 35.5. The molecule has 1 aromatic heterocycles. The highest BCUT2D eigenvalue weighted by Crippen LogP contribution is 2.49. The molecule has 47 heavy (non-hydrogen) atoms. The molecule has 1 N–H and O–H groups in total. The van der Waals surface area contributed by atoms with Crippen LogP contribution in [0.3, 0.4) is 0 Å². The molecule has 0 bridgehead atoms. The molecule has 0 atom stereocenters. The van der Waals surface area contributed by atoms with Crippen molar-refractivity contribution in [2.75, 3.05) is 26.1 Å². The van der Waals surface area contributed by atoms with E-state index in [9.17, 15) is 14.0 Å². The van der Waals surface area contributed by atoms with Crippen LogP contribution in [0.2, 0.25) is 0 Å². The average molecular weight is 662 g/mol. The number of methoxy groups -OCH3 is 1. The Kier molecular flexibility index (Phi) is 15.2. The minimum absolute atomic E-state index is 0. The van der Waals surface area contributed by atoms with Gasteiger partial charge in [0, 0.05) is 28.6 Å². The molecule has 0 unspecified atom stereocenters. The van der Waals surface area contributed by atoms with E-state index in [0.717, 1.165) is 51.7 Å². The monoisotopic (exact) mass is 661 g/mol. The fourth-order valence-corrected chi connectivity index (χ4v) is 5.01. The summed E-state index contributed by atoms with van der Waals surface area (Å²) in [4.78, 5) is 22.0. The maximum absolute atomic E-state index is 13.7. The topological polar surface area (TPSA) is 77.8 Å². The van der Waals surface area contributed by atoms with Gasteiger partial charge in [0.05, 0.1) is 18.2 Å². The van der Waals surface area contributed by atoms with Crippen molar-refractivity contribution in [2.24, 2.45) is 0 Å². The van der Waals surface area contributed by atoms with Gasteiger partial charge < -0.3 is 19.2 Å². The maximum Gasteiger partial charge on any atom is 0.316 e. The fraction of sp³-hybridized carbons (Fsp3) is 0.282. The predicted octanol–water partition coefficient (Wildman–Crippen LogP) is 10.6. The minimum Gasteiger partial charge on any atom is -0.468 e. The normalized spacial score (nSPS) is 13.1. The third-order valence-corrected chi connectivity index (χ3v) is 7.79. The van der Waals surface area contributed by atoms with Gasteiger partial charge in [-0.05, 0) is 54.7 Å². The molecule has 0 saturated heterocycles. The molecule has 250 valence electrons. The molecule has 1 saturated carbocycles. The van der Waals surface area contributed by atoms with Gasteiger partial charge in [-0.15, -0.1) is 0 Å². The first-order valence-electron chi connectivity index (χ1n) is 15.1. The van der Waals surface area contributed by atoms with E-state index in [2.05, 4.69) is 30.5 Å². The molecule has 6 nitrogen and oxygen atoms in total. The van der Waals surface area contributed by atoms with Gasteiger partial charge in [-0.1, -0.05) is 113 Å². The second kappa shape index (κ2) is 18.5. The third kappa shape index (κ3) is 9.46. The molecule has 3 aromatic carbocycles. The lowest BCUT2D eigenvalue weighted by Gasteiger charge is -2.13. The molecule has 1 aliphatic carbocycles. The Bertz CT molecular complexity index is 1680. The number of rotatable bonds is 10. The van der Waals surface area contributed by atoms with Crippen molar-refractivity contribution < 1.29 is 27.9 Å². The van der Waals surface area contributed by atoms with Crippen LogP contribution in [0.4, 0.5) is 10.1 Å². The molecule has 8 heteroatoms. The molecule has 1 aliphatic rings. The number of hydrogen-bond acceptors (Lipinski definition) is 6. The average Bonchev–Trinajstić information content (AvgIpc) is 3.82. The number of halogens is 2. The highest BCUT2D eigenvalue weighted by molar-refractivity contribution is 6.32. The number of carbonyl (C=O) groups excluding carboxylic acids is 2. The number of nitrogens with one attached hydrogen (secondary N) is 1. The number of allylic oxidation sites excluding steroid dienone is 3. The van der Waals surface area contributed by atoms with Gasteiger partial charge in [0.15, 0.2) is 5.76 Å². The number of benzene rings is 3. The van der Waals surface area contributed by atoms with E-state index in [1.165, 1.54) is 25.7 Å². The lowest BCUT2D eigenvalue weighted by Crippen LogP contribution is -2.21. The Balaban J connectivity index is 0.000000408. The first kappa shape index (κ1) is 38.6. The Morgan fingerprint density at radius 1 is 1.04 bits per heavy atom. The molecule has 4 aromatic rings. The smallest absolute Gasteiger partial charge is 0.316 e. The fourth-order valence-electron chi connectivity index (χ4n) is 4.90. The number of fused-ring (bicyclic) bond motifs is 1. The Hall–Kier alpha value is -4.62. The molecule has 0 amide bonds. The van der Waals surface area contributed by atoms with E-state index in [1.807, 2.05) is 48.5 Å². The summed E-state index contributed by atoms with van der Waals surface area (Å²) in [7, 11) is 3.24. The second-order valence-corrected chi connectivity index (χ2v) is 11.0. The highest BCUT2D eigenvalue weighted by Gasteiger charge is 2.52. The second-order valence-electron chi connectivity index (χ2n) is 10.6. The standard InChI is InChI=1S/C26H22FNO3.C9H11ClO2.C3H8.CH4/c1-28-23-21-15-20(27)11-12-22(21)31-24(23)18-5-3-16(4-6-18)17-7-9-19(10-8-17)26(13-14-26)25(29)30-2;1-3-5-8(6-12-7-11)9(10)4-2;1-3-2;/h3-12,15,28H,13-14H2,1-2H3;3-5,7H,1,6H2,2H3;3H2,1-2H3;1H4/b;8-5-,9-4+;;. The van der Waals surface area contributed by atoms with Crippen molar-refractivity contribution >= 4 is 40.7 Å². The number of carbonyl (C=O) groups is 2. The zero-order chi connectivity index (χ0) is 33.7. The van der Waals surface area contributed by atoms with Crippen molar-refractivity contribution in [2.45, 2.75) is 52.9 Å². The number of esters is 1. The van der Waals surface area contributed by atoms with Gasteiger partial charge in [-0.25, -0.2) is 4.39 Å². The van der Waals surface area contributed by atoms with Crippen LogP contribution < -0.4 is 5.32 Å². The summed E-state index contributed by atoms with van der Waals surface area (Å²) >= 11 is 5.79. The van der Waals surface area contributed by atoms with E-state index < -0.39 is 5.41 Å². The lowest BCUT2D eigenvalue weighted by molar-refractivity contribution is -0.143. The van der Waals surface area contributed by atoms with Crippen molar-refractivity contribution in [3.8, 4) is 22.5 Å². The zero-order valence-corrected chi connectivity index (χ0v) is 27.7. The summed E-state index contributed by atoms with van der Waals surface area (Å²) < 4.78 is 29.2. The van der Waals surface area contributed by atoms with Crippen LogP contribution in [0.5, 0.6) is 0 Å². The van der Waals surface area contributed by atoms with Crippen LogP contribution >= 0.6 is 11.6 Å². The largest absolute Gasteiger partial charge is 0.468 e. The summed E-state index contributed by atoms with van der Waals surface area (Å²) in [6.07, 6.45) is 7.94. The van der Waals surface area contributed by atoms with Crippen molar-refractivity contribution in [1.29, 1.82) is 0 Å². The van der Waals surface area contributed by atoms with Gasteiger partial charge in [0.1, 0.15) is 18.0 Å². The van der Waals surface area contributed by atoms with Crippen LogP contribution in [-0.2, 0) is 24.5 Å². The van der Waals surface area contributed by atoms with Crippen LogP contribution in [0, 0.1) is 5.82 Å². The predicted molar refractivity (Wildman–Crippen MR) is 192 cm³/mol. The number of anilines is 1. The van der Waals surface area contributed by atoms with Crippen molar-refractivity contribution in [1.82, 2.24) is 0 Å². The Labute approximate surface area is 282 Å². The van der Waals surface area contributed by atoms with Gasteiger partial charge in [0.2, 0.25) is 0 Å². The van der Waals surface area contributed by atoms with Gasteiger partial charge in [0.25, 0.3) is 6.47 Å². The minimum atomic E-state index is -0.457. The van der Waals surface area contributed by atoms with Gasteiger partial charge >= 0.3 is 5.97 Å². The third-order valence-electron chi connectivity index (χ3n) is 7.33. The Morgan fingerprint density at radius 3 is 2.11 bits per heavy atom. The molecule has 0 spiro atoms. The quantitative estimate of drug-likeness (QED) is 0.103. The molecular formula is C39H45ClFNO5. The molecule has 1 fully saturated rings. The summed E-state index contributed by atoms with van der Waals surface area (Å²) in [5.74, 6) is 0.227. The first-order valence-corrected chi connectivity index (χ1v) is 15.5. The van der Waals surface area contributed by atoms with Crippen molar-refractivity contribution in [3.05, 3.63) is 114 Å². The Morgan fingerprint density at radius 2 is 1.62 bits per heavy atom. The van der Waals surface area contributed by atoms with Gasteiger partial charge in [-0.2, -0.15) is 0 Å². The molecule has 0 aliphatic heterocycles. The SMILES string of the molecule is C.C=C/C=C(COC=O)\C(Cl)=C/C.CCC.CNc1c(-c2ccc(-c3ccc(C4(C(=O)OC)CC4)cc3)cc2)oc2ccc(F)cc12. The summed E-state index contributed by atoms with van der Waals surface area (Å²) in [6, 6.07) is 20.7. The molecule has 5 rings (SSSR count). The lowest BCUT2D eigenvalue weighted by atomic mass is 9.93. The molecule has 0 radical (unpaired) electrons. The van der Waals surface area contributed by atoms with Gasteiger partial charge in [-0.3, -0.25) is 9.59 Å². The molecular weight excluding hydrogens is 617 g/mol. The summed E-state index contributed by atoms with van der Waals surface area (Å²) in [6.45, 7) is 10.1. The summed E-state index contributed by atoms with van der Waals surface area (Å²) in [5.41, 5.74) is 5.73. The zero-order valence-electron chi connectivity index (χ0n) is 27.0. The van der Waals surface area contributed by atoms with E-state index in [1.54, 1.807) is 38.3 Å². The van der Waals surface area contributed by atoms with E-state index in [-0.39, 0.29) is 25.8 Å². The van der Waals surface area contributed by atoms with Crippen molar-refractivity contribution in [3.63, 3.8) is 0 Å². The van der Waals surface area contributed by atoms with E-state index in [0.29, 0.717) is 22.8 Å². The van der Waals surface area contributed by atoms with Crippen LogP contribution in [0.25, 0.3) is 33.4 Å². The number of ether oxygens (including phenoxy) is 2. The summed E-state index contributed by atoms with van der Waals surface area (Å²) in [5, 5.41) is 4.42. The first-order chi connectivity index (χ1) is 22.2. The van der Waals surface area contributed by atoms with E-state index in [4.69, 9.17) is 20.8 Å². The van der Waals surface area contributed by atoms with Crippen LogP contribution in [0.1, 0.15) is 53.0 Å².